The molecule has 0 radical (unpaired) electrons. The van der Waals surface area contributed by atoms with Crippen molar-refractivity contribution in [2.45, 2.75) is 13.0 Å². The van der Waals surface area contributed by atoms with Gasteiger partial charge in [0.15, 0.2) is 11.5 Å². The monoisotopic (exact) mass is 431 g/mol. The maximum atomic E-state index is 14.9. The van der Waals surface area contributed by atoms with Crippen molar-refractivity contribution in [3.8, 4) is 11.5 Å². The zero-order chi connectivity index (χ0) is 22.4. The van der Waals surface area contributed by atoms with E-state index in [2.05, 4.69) is 0 Å². The van der Waals surface area contributed by atoms with Gasteiger partial charge < -0.3 is 14.6 Å². The smallest absolute Gasteiger partial charge is 0.300 e. The van der Waals surface area contributed by atoms with Crippen molar-refractivity contribution >= 4 is 23.1 Å². The number of anilines is 1. The first kappa shape index (κ1) is 19.8. The minimum absolute atomic E-state index is 0.0481. The zero-order valence-corrected chi connectivity index (χ0v) is 17.0. The molecule has 5 rings (SSSR count). The lowest BCUT2D eigenvalue weighted by atomic mass is 9.94. The van der Waals surface area contributed by atoms with Gasteiger partial charge >= 0.3 is 0 Å². The van der Waals surface area contributed by atoms with Crippen molar-refractivity contribution in [3.63, 3.8) is 0 Å². The number of fused-ring (bicyclic) bond motifs is 1. The average Bonchev–Trinajstić information content (AvgIpc) is 3.36. The summed E-state index contributed by atoms with van der Waals surface area (Å²) < 4.78 is 25.5. The van der Waals surface area contributed by atoms with E-state index in [0.717, 1.165) is 5.56 Å². The van der Waals surface area contributed by atoms with Gasteiger partial charge in [-0.15, -0.1) is 0 Å². The summed E-state index contributed by atoms with van der Waals surface area (Å²) >= 11 is 0. The first-order chi connectivity index (χ1) is 15.5. The molecule has 0 aromatic heterocycles. The summed E-state index contributed by atoms with van der Waals surface area (Å²) in [6.07, 6.45) is 0. The van der Waals surface area contributed by atoms with Gasteiger partial charge in [0.05, 0.1) is 11.6 Å². The average molecular weight is 431 g/mol. The molecule has 0 aliphatic carbocycles. The molecule has 0 saturated carbocycles. The van der Waals surface area contributed by atoms with Crippen molar-refractivity contribution in [3.05, 3.63) is 94.8 Å². The minimum atomic E-state index is -1.14. The Kier molecular flexibility index (Phi) is 4.66. The highest BCUT2D eigenvalue weighted by Crippen LogP contribution is 2.44. The van der Waals surface area contributed by atoms with Gasteiger partial charge in [-0.3, -0.25) is 14.5 Å². The summed E-state index contributed by atoms with van der Waals surface area (Å²) in [6.45, 7) is 1.90. The molecule has 1 unspecified atom stereocenters. The first-order valence-electron chi connectivity index (χ1n) is 9.98. The Balaban J connectivity index is 1.73. The Labute approximate surface area is 183 Å². The largest absolute Gasteiger partial charge is 0.507 e. The van der Waals surface area contributed by atoms with Gasteiger partial charge in [-0.25, -0.2) is 4.39 Å². The summed E-state index contributed by atoms with van der Waals surface area (Å²) in [5.74, 6) is -1.82. The van der Waals surface area contributed by atoms with Crippen molar-refractivity contribution in [2.75, 3.05) is 11.7 Å². The highest BCUT2D eigenvalue weighted by molar-refractivity contribution is 6.51. The predicted octanol–water partition coefficient (Wildman–Crippen LogP) is 4.49. The number of aliphatic hydroxyl groups is 1. The lowest BCUT2D eigenvalue weighted by molar-refractivity contribution is -0.132. The number of aryl methyl sites for hydroxylation is 1. The van der Waals surface area contributed by atoms with Crippen LogP contribution >= 0.6 is 0 Å². The molecule has 32 heavy (non-hydrogen) atoms. The number of halogens is 1. The SMILES string of the molecule is Cc1cccc(N2C(=O)C(=O)/C(=C(/O)c3ccc4c(c3)OCO4)C2c2ccccc2F)c1. The summed E-state index contributed by atoms with van der Waals surface area (Å²) in [5.41, 5.74) is 1.48. The second-order valence-corrected chi connectivity index (χ2v) is 7.60. The number of nitrogens with zero attached hydrogens (tertiary/aromatic N) is 1. The second-order valence-electron chi connectivity index (χ2n) is 7.60. The molecule has 1 fully saturated rings. The van der Waals surface area contributed by atoms with E-state index < -0.39 is 29.3 Å². The summed E-state index contributed by atoms with van der Waals surface area (Å²) in [6, 6.07) is 16.5. The van der Waals surface area contributed by atoms with E-state index >= 15 is 0 Å². The predicted molar refractivity (Wildman–Crippen MR) is 115 cm³/mol. The van der Waals surface area contributed by atoms with E-state index in [1.807, 2.05) is 13.0 Å². The number of carbonyl (C=O) groups excluding carboxylic acids is 2. The molecule has 0 spiro atoms. The van der Waals surface area contributed by atoms with Gasteiger partial charge in [-0.05, 0) is 48.9 Å². The van der Waals surface area contributed by atoms with Gasteiger partial charge in [0.1, 0.15) is 11.6 Å². The van der Waals surface area contributed by atoms with E-state index in [-0.39, 0.29) is 23.5 Å². The van der Waals surface area contributed by atoms with Gasteiger partial charge in [0.2, 0.25) is 6.79 Å². The lowest BCUT2D eigenvalue weighted by Crippen LogP contribution is -2.29. The Morgan fingerprint density at radius 1 is 1.00 bits per heavy atom. The Bertz CT molecular complexity index is 1300. The van der Waals surface area contributed by atoms with Crippen molar-refractivity contribution in [1.29, 1.82) is 0 Å². The number of Topliss-reactive ketones (excluding diaryl/α,β-unsaturated/α-hetero) is 1. The number of ketones is 1. The van der Waals surface area contributed by atoms with Gasteiger partial charge in [0, 0.05) is 16.8 Å². The molecule has 2 aliphatic heterocycles. The molecular weight excluding hydrogens is 413 g/mol. The molecule has 1 saturated heterocycles. The van der Waals surface area contributed by atoms with Gasteiger partial charge in [-0.2, -0.15) is 0 Å². The van der Waals surface area contributed by atoms with E-state index in [0.29, 0.717) is 17.2 Å². The third-order valence-electron chi connectivity index (χ3n) is 5.57. The maximum absolute atomic E-state index is 14.9. The Morgan fingerprint density at radius 2 is 1.78 bits per heavy atom. The summed E-state index contributed by atoms with van der Waals surface area (Å²) in [7, 11) is 0. The summed E-state index contributed by atoms with van der Waals surface area (Å²) in [4.78, 5) is 27.5. The Morgan fingerprint density at radius 3 is 2.56 bits per heavy atom. The van der Waals surface area contributed by atoms with Crippen LogP contribution in [-0.2, 0) is 9.59 Å². The molecule has 2 heterocycles. The van der Waals surface area contributed by atoms with Gasteiger partial charge in [-0.1, -0.05) is 30.3 Å². The van der Waals surface area contributed by atoms with Crippen LogP contribution in [-0.4, -0.2) is 23.6 Å². The number of carbonyl (C=O) groups is 2. The van der Waals surface area contributed by atoms with Crippen LogP contribution in [0.2, 0.25) is 0 Å². The van der Waals surface area contributed by atoms with Crippen molar-refractivity contribution < 1.29 is 28.6 Å². The fraction of sp³-hybridized carbons (Fsp3) is 0.120. The van der Waals surface area contributed by atoms with E-state index in [9.17, 15) is 19.1 Å². The van der Waals surface area contributed by atoms with E-state index in [1.54, 1.807) is 36.4 Å². The van der Waals surface area contributed by atoms with Crippen LogP contribution in [0.15, 0.2) is 72.3 Å². The molecule has 0 bridgehead atoms. The van der Waals surface area contributed by atoms with Crippen LogP contribution in [0, 0.1) is 12.7 Å². The molecule has 3 aromatic rings. The number of aliphatic hydroxyl groups excluding tert-OH is 1. The number of hydrogen-bond acceptors (Lipinski definition) is 5. The number of hydrogen-bond donors (Lipinski definition) is 1. The summed E-state index contributed by atoms with van der Waals surface area (Å²) in [5, 5.41) is 11.1. The fourth-order valence-corrected chi connectivity index (χ4v) is 4.07. The number of ether oxygens (including phenoxy) is 2. The topological polar surface area (TPSA) is 76.1 Å². The first-order valence-corrected chi connectivity index (χ1v) is 9.98. The van der Waals surface area contributed by atoms with Crippen LogP contribution in [0.25, 0.3) is 5.76 Å². The maximum Gasteiger partial charge on any atom is 0.300 e. The molecule has 1 atom stereocenters. The number of amides is 1. The molecule has 7 heteroatoms. The third-order valence-corrected chi connectivity index (χ3v) is 5.57. The molecular formula is C25H18FNO5. The minimum Gasteiger partial charge on any atom is -0.507 e. The number of rotatable bonds is 3. The fourth-order valence-electron chi connectivity index (χ4n) is 4.07. The molecule has 1 N–H and O–H groups in total. The highest BCUT2D eigenvalue weighted by Gasteiger charge is 2.47. The lowest BCUT2D eigenvalue weighted by Gasteiger charge is -2.26. The third kappa shape index (κ3) is 3.10. The highest BCUT2D eigenvalue weighted by atomic mass is 19.1. The normalized spacial score (nSPS) is 18.9. The van der Waals surface area contributed by atoms with Crippen LogP contribution < -0.4 is 14.4 Å². The van der Waals surface area contributed by atoms with E-state index in [4.69, 9.17) is 9.47 Å². The van der Waals surface area contributed by atoms with Crippen molar-refractivity contribution in [2.24, 2.45) is 0 Å². The quantitative estimate of drug-likeness (QED) is 0.376. The molecule has 2 aliphatic rings. The van der Waals surface area contributed by atoms with Crippen LogP contribution in [0.4, 0.5) is 10.1 Å². The molecule has 1 amide bonds. The number of benzene rings is 3. The van der Waals surface area contributed by atoms with Crippen LogP contribution in [0.5, 0.6) is 11.5 Å². The van der Waals surface area contributed by atoms with Crippen LogP contribution in [0.3, 0.4) is 0 Å². The van der Waals surface area contributed by atoms with Crippen LogP contribution in [0.1, 0.15) is 22.7 Å². The van der Waals surface area contributed by atoms with E-state index in [1.165, 1.54) is 29.2 Å². The van der Waals surface area contributed by atoms with Crippen molar-refractivity contribution in [1.82, 2.24) is 0 Å². The zero-order valence-electron chi connectivity index (χ0n) is 17.0. The van der Waals surface area contributed by atoms with Gasteiger partial charge in [0.25, 0.3) is 11.7 Å². The molecule has 3 aromatic carbocycles. The molecule has 6 nitrogen and oxygen atoms in total. The standard InChI is InChI=1S/C25H18FNO5/c1-14-5-4-6-16(11-14)27-22(17-7-2-3-8-18(17)26)21(24(29)25(27)30)23(28)15-9-10-19-20(12-15)32-13-31-19/h2-12,22,28H,13H2,1H3/b23-21+. The molecule has 160 valence electrons. The second kappa shape index (κ2) is 7.53. The Hall–Kier alpha value is -4.13.